The van der Waals surface area contributed by atoms with Crippen LogP contribution in [0.2, 0.25) is 0 Å². The van der Waals surface area contributed by atoms with E-state index in [4.69, 9.17) is 9.47 Å². The van der Waals surface area contributed by atoms with E-state index in [2.05, 4.69) is 29.6 Å². The predicted molar refractivity (Wildman–Crippen MR) is 112 cm³/mol. The van der Waals surface area contributed by atoms with E-state index in [9.17, 15) is 0 Å². The highest BCUT2D eigenvalue weighted by Crippen LogP contribution is 2.27. The Bertz CT molecular complexity index is 813. The van der Waals surface area contributed by atoms with Crippen LogP contribution in [-0.2, 0) is 0 Å². The van der Waals surface area contributed by atoms with E-state index in [0.717, 1.165) is 30.4 Å². The van der Waals surface area contributed by atoms with Crippen LogP contribution in [0.1, 0.15) is 12.8 Å². The summed E-state index contributed by atoms with van der Waals surface area (Å²) in [6.45, 7) is 1.82. The van der Waals surface area contributed by atoms with Crippen molar-refractivity contribution in [2.45, 2.75) is 18.9 Å². The lowest BCUT2D eigenvalue weighted by molar-refractivity contribution is 0.277. The Hall–Kier alpha value is -2.49. The summed E-state index contributed by atoms with van der Waals surface area (Å²) in [6.07, 6.45) is 2.43. The minimum absolute atomic E-state index is 0. The molecule has 1 atom stereocenters. The molecule has 0 radical (unpaired) electrons. The normalized spacial score (nSPS) is 15.8. The number of ether oxygens (including phenoxy) is 2. The maximum absolute atomic E-state index is 5.93. The lowest BCUT2D eigenvalue weighted by Gasteiger charge is -2.12. The third-order valence-corrected chi connectivity index (χ3v) is 4.63. The first-order valence-electron chi connectivity index (χ1n) is 9.16. The number of nitrogens with one attached hydrogen (secondary N) is 1. The van der Waals surface area contributed by atoms with Crippen LogP contribution in [0.5, 0.6) is 17.2 Å². The van der Waals surface area contributed by atoms with Gasteiger partial charge in [0.2, 0.25) is 0 Å². The molecule has 1 N–H and O–H groups in total. The largest absolute Gasteiger partial charge is 0.492 e. The molecule has 4 rings (SSSR count). The van der Waals surface area contributed by atoms with Crippen LogP contribution in [0.3, 0.4) is 0 Å². The third kappa shape index (κ3) is 5.25. The van der Waals surface area contributed by atoms with Gasteiger partial charge in [-0.3, -0.25) is 0 Å². The zero-order chi connectivity index (χ0) is 17.6. The standard InChI is InChI=1S/C23H23NO2.ClH/c1-2-5-18(6-3-1)19-8-10-22(11-9-19)26-23-14-12-21(13-15-23)25-17-20-7-4-16-24-20;/h1-3,5-6,8-15,20,24H,4,7,16-17H2;1H. The molecule has 1 aliphatic heterocycles. The molecule has 1 heterocycles. The van der Waals surface area contributed by atoms with Crippen molar-refractivity contribution < 1.29 is 9.47 Å². The van der Waals surface area contributed by atoms with Gasteiger partial charge in [0.05, 0.1) is 0 Å². The van der Waals surface area contributed by atoms with Crippen LogP contribution in [0.4, 0.5) is 0 Å². The average Bonchev–Trinajstić information content (AvgIpc) is 3.22. The van der Waals surface area contributed by atoms with Crippen LogP contribution < -0.4 is 14.8 Å². The highest BCUT2D eigenvalue weighted by atomic mass is 35.5. The quantitative estimate of drug-likeness (QED) is 0.594. The summed E-state index contributed by atoms with van der Waals surface area (Å²) in [6, 6.07) is 26.8. The first-order chi connectivity index (χ1) is 12.9. The number of hydrogen-bond donors (Lipinski definition) is 1. The van der Waals surface area contributed by atoms with Gasteiger partial charge in [-0.05, 0) is 66.9 Å². The Morgan fingerprint density at radius 1 is 0.741 bits per heavy atom. The summed E-state index contributed by atoms with van der Waals surface area (Å²) >= 11 is 0. The van der Waals surface area contributed by atoms with Gasteiger partial charge in [-0.1, -0.05) is 42.5 Å². The van der Waals surface area contributed by atoms with E-state index in [0.29, 0.717) is 6.04 Å². The van der Waals surface area contributed by atoms with Crippen molar-refractivity contribution in [3.8, 4) is 28.4 Å². The van der Waals surface area contributed by atoms with Crippen LogP contribution in [0.25, 0.3) is 11.1 Å². The summed E-state index contributed by atoms with van der Waals surface area (Å²) in [4.78, 5) is 0. The maximum atomic E-state index is 5.93. The summed E-state index contributed by atoms with van der Waals surface area (Å²) in [7, 11) is 0. The van der Waals surface area contributed by atoms with Crippen molar-refractivity contribution >= 4 is 12.4 Å². The van der Waals surface area contributed by atoms with E-state index in [1.54, 1.807) is 0 Å². The topological polar surface area (TPSA) is 30.5 Å². The van der Waals surface area contributed by atoms with Gasteiger partial charge in [0.25, 0.3) is 0 Å². The zero-order valence-corrected chi connectivity index (χ0v) is 16.0. The molecule has 1 fully saturated rings. The highest BCUT2D eigenvalue weighted by Gasteiger charge is 2.14. The fourth-order valence-corrected chi connectivity index (χ4v) is 3.18. The lowest BCUT2D eigenvalue weighted by Crippen LogP contribution is -2.28. The second-order valence-corrected chi connectivity index (χ2v) is 6.57. The van der Waals surface area contributed by atoms with Gasteiger partial charge in [0.1, 0.15) is 23.9 Å². The molecular weight excluding hydrogens is 358 g/mol. The Morgan fingerprint density at radius 3 is 1.96 bits per heavy atom. The van der Waals surface area contributed by atoms with E-state index >= 15 is 0 Å². The zero-order valence-electron chi connectivity index (χ0n) is 15.1. The van der Waals surface area contributed by atoms with E-state index < -0.39 is 0 Å². The van der Waals surface area contributed by atoms with E-state index in [-0.39, 0.29) is 12.4 Å². The summed E-state index contributed by atoms with van der Waals surface area (Å²) in [5.41, 5.74) is 2.39. The molecule has 0 aliphatic carbocycles. The molecule has 0 saturated carbocycles. The minimum Gasteiger partial charge on any atom is -0.492 e. The molecule has 3 aromatic rings. The van der Waals surface area contributed by atoms with Crippen LogP contribution in [0.15, 0.2) is 78.9 Å². The monoisotopic (exact) mass is 381 g/mol. The molecular formula is C23H24ClNO2. The third-order valence-electron chi connectivity index (χ3n) is 4.63. The summed E-state index contributed by atoms with van der Waals surface area (Å²) in [5, 5.41) is 3.44. The molecule has 1 aliphatic rings. The van der Waals surface area contributed by atoms with Gasteiger partial charge in [-0.15, -0.1) is 12.4 Å². The molecule has 0 amide bonds. The van der Waals surface area contributed by atoms with Gasteiger partial charge in [0.15, 0.2) is 0 Å². The fraction of sp³-hybridized carbons (Fsp3) is 0.217. The number of halogens is 1. The molecule has 140 valence electrons. The van der Waals surface area contributed by atoms with Gasteiger partial charge in [-0.2, -0.15) is 0 Å². The smallest absolute Gasteiger partial charge is 0.127 e. The SMILES string of the molecule is Cl.c1ccc(-c2ccc(Oc3ccc(OCC4CCCN4)cc3)cc2)cc1. The fourth-order valence-electron chi connectivity index (χ4n) is 3.18. The lowest BCUT2D eigenvalue weighted by atomic mass is 10.1. The molecule has 0 spiro atoms. The van der Waals surface area contributed by atoms with Gasteiger partial charge < -0.3 is 14.8 Å². The van der Waals surface area contributed by atoms with Crippen molar-refractivity contribution in [3.05, 3.63) is 78.9 Å². The summed E-state index contributed by atoms with van der Waals surface area (Å²) in [5.74, 6) is 2.52. The molecule has 0 bridgehead atoms. The van der Waals surface area contributed by atoms with E-state index in [1.165, 1.54) is 24.0 Å². The summed E-state index contributed by atoms with van der Waals surface area (Å²) < 4.78 is 11.8. The van der Waals surface area contributed by atoms with Gasteiger partial charge in [0, 0.05) is 6.04 Å². The van der Waals surface area contributed by atoms with Crippen molar-refractivity contribution in [2.24, 2.45) is 0 Å². The van der Waals surface area contributed by atoms with Crippen molar-refractivity contribution in [3.63, 3.8) is 0 Å². The van der Waals surface area contributed by atoms with Crippen molar-refractivity contribution in [1.29, 1.82) is 0 Å². The number of benzene rings is 3. The Kier molecular flexibility index (Phi) is 6.74. The second kappa shape index (κ2) is 9.45. The van der Waals surface area contributed by atoms with Crippen molar-refractivity contribution in [1.82, 2.24) is 5.32 Å². The second-order valence-electron chi connectivity index (χ2n) is 6.57. The molecule has 3 nitrogen and oxygen atoms in total. The number of rotatable bonds is 6. The maximum Gasteiger partial charge on any atom is 0.127 e. The van der Waals surface area contributed by atoms with Crippen LogP contribution in [0, 0.1) is 0 Å². The Balaban J connectivity index is 0.00000210. The molecule has 3 aromatic carbocycles. The Labute approximate surface area is 166 Å². The highest BCUT2D eigenvalue weighted by molar-refractivity contribution is 5.85. The van der Waals surface area contributed by atoms with E-state index in [1.807, 2.05) is 54.6 Å². The van der Waals surface area contributed by atoms with Gasteiger partial charge in [-0.25, -0.2) is 0 Å². The average molecular weight is 382 g/mol. The molecule has 1 saturated heterocycles. The number of hydrogen-bond acceptors (Lipinski definition) is 3. The first kappa shape index (κ1) is 19.3. The van der Waals surface area contributed by atoms with Gasteiger partial charge >= 0.3 is 0 Å². The first-order valence-corrected chi connectivity index (χ1v) is 9.16. The van der Waals surface area contributed by atoms with Crippen LogP contribution >= 0.6 is 12.4 Å². The molecule has 4 heteroatoms. The minimum atomic E-state index is 0. The predicted octanol–water partition coefficient (Wildman–Crippen LogP) is 5.70. The molecule has 1 unspecified atom stereocenters. The molecule has 0 aromatic heterocycles. The van der Waals surface area contributed by atoms with Crippen molar-refractivity contribution in [2.75, 3.05) is 13.2 Å². The Morgan fingerprint density at radius 2 is 1.33 bits per heavy atom. The van der Waals surface area contributed by atoms with Crippen LogP contribution in [-0.4, -0.2) is 19.2 Å². The molecule has 27 heavy (non-hydrogen) atoms.